The summed E-state index contributed by atoms with van der Waals surface area (Å²) in [7, 11) is 0. The number of amides is 2. The van der Waals surface area contributed by atoms with Gasteiger partial charge in [-0.15, -0.1) is 0 Å². The quantitative estimate of drug-likeness (QED) is 0.581. The van der Waals surface area contributed by atoms with Gasteiger partial charge < -0.3 is 19.8 Å². The van der Waals surface area contributed by atoms with Crippen molar-refractivity contribution in [2.24, 2.45) is 0 Å². The van der Waals surface area contributed by atoms with E-state index >= 15 is 0 Å². The molecule has 154 valence electrons. The monoisotopic (exact) mass is 410 g/mol. The lowest BCUT2D eigenvalue weighted by atomic mass is 10.1. The van der Waals surface area contributed by atoms with E-state index < -0.39 is 23.9 Å². The minimum Gasteiger partial charge on any atom is -0.459 e. The van der Waals surface area contributed by atoms with Crippen LogP contribution in [0.15, 0.2) is 71.3 Å². The fourth-order valence-corrected chi connectivity index (χ4v) is 2.57. The molecule has 30 heavy (non-hydrogen) atoms. The zero-order valence-electron chi connectivity index (χ0n) is 16.1. The Balaban J connectivity index is 1.60. The number of rotatable bonds is 7. The van der Waals surface area contributed by atoms with Crippen molar-refractivity contribution in [3.8, 4) is 0 Å². The minimum atomic E-state index is -1.08. The lowest BCUT2D eigenvalue weighted by Crippen LogP contribution is -2.35. The number of anilines is 1. The van der Waals surface area contributed by atoms with Gasteiger partial charge in [-0.1, -0.05) is 24.3 Å². The average molecular weight is 410 g/mol. The van der Waals surface area contributed by atoms with E-state index in [1.165, 1.54) is 43.5 Å². The molecule has 0 saturated carbocycles. The maximum atomic E-state index is 12.9. The molecule has 1 heterocycles. The fourth-order valence-electron chi connectivity index (χ4n) is 2.57. The van der Waals surface area contributed by atoms with Gasteiger partial charge in [-0.05, 0) is 48.9 Å². The first-order valence-corrected chi connectivity index (χ1v) is 9.11. The number of halogens is 1. The van der Waals surface area contributed by atoms with Crippen molar-refractivity contribution in [2.75, 3.05) is 5.32 Å². The van der Waals surface area contributed by atoms with Crippen molar-refractivity contribution in [1.29, 1.82) is 0 Å². The van der Waals surface area contributed by atoms with Gasteiger partial charge in [-0.25, -0.2) is 9.18 Å². The number of carbonyl (C=O) groups is 3. The zero-order chi connectivity index (χ0) is 21.5. The number of para-hydroxylation sites is 1. The number of ether oxygens (including phenoxy) is 1. The van der Waals surface area contributed by atoms with Gasteiger partial charge in [0.15, 0.2) is 11.9 Å². The molecule has 2 N–H and O–H groups in total. The maximum Gasteiger partial charge on any atom is 0.341 e. The molecule has 0 bridgehead atoms. The molecule has 0 aliphatic carbocycles. The van der Waals surface area contributed by atoms with E-state index in [0.29, 0.717) is 5.56 Å². The van der Waals surface area contributed by atoms with Gasteiger partial charge in [0.1, 0.15) is 5.82 Å². The molecule has 0 fully saturated rings. The number of carbonyl (C=O) groups excluding carboxylic acids is 3. The molecule has 0 unspecified atom stereocenters. The molecule has 1 atom stereocenters. The van der Waals surface area contributed by atoms with Gasteiger partial charge in [0.25, 0.3) is 11.8 Å². The lowest BCUT2D eigenvalue weighted by Gasteiger charge is -2.15. The molecule has 0 saturated heterocycles. The predicted molar refractivity (Wildman–Crippen MR) is 106 cm³/mol. The number of esters is 1. The van der Waals surface area contributed by atoms with E-state index in [0.717, 1.165) is 0 Å². The molecule has 2 aromatic carbocycles. The summed E-state index contributed by atoms with van der Waals surface area (Å²) in [5.74, 6) is -2.08. The van der Waals surface area contributed by atoms with Gasteiger partial charge in [-0.2, -0.15) is 0 Å². The Morgan fingerprint density at radius 1 is 1.03 bits per heavy atom. The highest BCUT2D eigenvalue weighted by Crippen LogP contribution is 2.18. The molecule has 3 aromatic rings. The Hall–Kier alpha value is -3.94. The summed E-state index contributed by atoms with van der Waals surface area (Å²) in [6.07, 6.45) is 0.285. The van der Waals surface area contributed by atoms with Crippen molar-refractivity contribution >= 4 is 23.5 Å². The summed E-state index contributed by atoms with van der Waals surface area (Å²) < 4.78 is 23.2. The predicted octanol–water partition coefficient (Wildman–Crippen LogP) is 3.53. The summed E-state index contributed by atoms with van der Waals surface area (Å²) in [6, 6.07) is 15.0. The second kappa shape index (κ2) is 9.51. The molecule has 7 nitrogen and oxygen atoms in total. The highest BCUT2D eigenvalue weighted by Gasteiger charge is 2.21. The Morgan fingerprint density at radius 3 is 2.47 bits per heavy atom. The van der Waals surface area contributed by atoms with E-state index in [4.69, 9.17) is 9.15 Å². The van der Waals surface area contributed by atoms with Gasteiger partial charge in [0.05, 0.1) is 17.5 Å². The second-order valence-corrected chi connectivity index (χ2v) is 6.37. The van der Waals surface area contributed by atoms with Crippen LogP contribution in [0, 0.1) is 5.82 Å². The van der Waals surface area contributed by atoms with Crippen LogP contribution in [0.3, 0.4) is 0 Å². The van der Waals surface area contributed by atoms with Crippen LogP contribution in [0.2, 0.25) is 0 Å². The van der Waals surface area contributed by atoms with Crippen LogP contribution < -0.4 is 10.6 Å². The summed E-state index contributed by atoms with van der Waals surface area (Å²) in [5.41, 5.74) is 1.02. The highest BCUT2D eigenvalue weighted by atomic mass is 19.1. The Morgan fingerprint density at radius 2 is 1.77 bits per heavy atom. The fraction of sp³-hybridized carbons (Fsp3) is 0.136. The topological polar surface area (TPSA) is 97.6 Å². The van der Waals surface area contributed by atoms with Gasteiger partial charge in [-0.3, -0.25) is 9.59 Å². The number of benzene rings is 2. The van der Waals surface area contributed by atoms with Gasteiger partial charge >= 0.3 is 5.97 Å². The summed E-state index contributed by atoms with van der Waals surface area (Å²) >= 11 is 0. The van der Waals surface area contributed by atoms with Crippen molar-refractivity contribution in [1.82, 2.24) is 5.32 Å². The van der Waals surface area contributed by atoms with Crippen LogP contribution in [0.25, 0.3) is 0 Å². The normalized spacial score (nSPS) is 11.4. The van der Waals surface area contributed by atoms with E-state index in [9.17, 15) is 18.8 Å². The number of hydrogen-bond acceptors (Lipinski definition) is 5. The molecule has 8 heteroatoms. The third-order valence-corrected chi connectivity index (χ3v) is 4.17. The first-order valence-electron chi connectivity index (χ1n) is 9.11. The summed E-state index contributed by atoms with van der Waals surface area (Å²) in [6.45, 7) is 1.60. The number of nitrogens with one attached hydrogen (secondary N) is 2. The highest BCUT2D eigenvalue weighted by molar-refractivity contribution is 6.06. The molecule has 3 rings (SSSR count). The molecule has 0 aliphatic rings. The van der Waals surface area contributed by atoms with Gasteiger partial charge in [0.2, 0.25) is 0 Å². The standard InChI is InChI=1S/C22H19FN2O5/c1-14(20(26)24-13-15-8-10-16(23)11-9-15)30-22(28)17-5-2-3-6-18(17)25-21(27)19-7-4-12-29-19/h2-12,14H,13H2,1H3,(H,24,26)(H,25,27)/t14-/m1/s1. The van der Waals surface area contributed by atoms with Crippen molar-refractivity contribution in [3.63, 3.8) is 0 Å². The zero-order valence-corrected chi connectivity index (χ0v) is 16.1. The molecular weight excluding hydrogens is 391 g/mol. The van der Waals surface area contributed by atoms with Crippen LogP contribution in [0.5, 0.6) is 0 Å². The third-order valence-electron chi connectivity index (χ3n) is 4.17. The molecule has 0 radical (unpaired) electrons. The van der Waals surface area contributed by atoms with Crippen LogP contribution in [0.4, 0.5) is 10.1 Å². The first-order chi connectivity index (χ1) is 14.4. The summed E-state index contributed by atoms with van der Waals surface area (Å²) in [4.78, 5) is 36.9. The average Bonchev–Trinajstić information content (AvgIpc) is 3.28. The van der Waals surface area contributed by atoms with Crippen LogP contribution >= 0.6 is 0 Å². The van der Waals surface area contributed by atoms with E-state index in [1.54, 1.807) is 30.3 Å². The van der Waals surface area contributed by atoms with E-state index in [-0.39, 0.29) is 29.4 Å². The molecule has 0 aliphatic heterocycles. The lowest BCUT2D eigenvalue weighted by molar-refractivity contribution is -0.129. The van der Waals surface area contributed by atoms with Crippen LogP contribution in [0.1, 0.15) is 33.4 Å². The molecule has 1 aromatic heterocycles. The Kier molecular flexibility index (Phi) is 6.59. The van der Waals surface area contributed by atoms with Gasteiger partial charge in [0, 0.05) is 6.54 Å². The SMILES string of the molecule is C[C@@H](OC(=O)c1ccccc1NC(=O)c1ccco1)C(=O)NCc1ccc(F)cc1. The van der Waals surface area contributed by atoms with Crippen molar-refractivity contribution in [2.45, 2.75) is 19.6 Å². The smallest absolute Gasteiger partial charge is 0.341 e. The first kappa shape index (κ1) is 20.8. The number of hydrogen-bond donors (Lipinski definition) is 2. The summed E-state index contributed by atoms with van der Waals surface area (Å²) in [5, 5.41) is 5.20. The minimum absolute atomic E-state index is 0.0895. The van der Waals surface area contributed by atoms with E-state index in [1.807, 2.05) is 0 Å². The van der Waals surface area contributed by atoms with Crippen molar-refractivity contribution < 1.29 is 27.9 Å². The Bertz CT molecular complexity index is 1030. The van der Waals surface area contributed by atoms with Crippen LogP contribution in [-0.2, 0) is 16.1 Å². The van der Waals surface area contributed by atoms with Crippen molar-refractivity contribution in [3.05, 3.63) is 89.6 Å². The Labute approximate surface area is 171 Å². The second-order valence-electron chi connectivity index (χ2n) is 6.37. The molecule has 0 spiro atoms. The van der Waals surface area contributed by atoms with Crippen LogP contribution in [-0.4, -0.2) is 23.9 Å². The molecule has 2 amide bonds. The number of furan rings is 1. The third kappa shape index (κ3) is 5.32. The largest absolute Gasteiger partial charge is 0.459 e. The molecular formula is C22H19FN2O5. The van der Waals surface area contributed by atoms with E-state index in [2.05, 4.69) is 10.6 Å². The maximum absolute atomic E-state index is 12.9.